The maximum atomic E-state index is 13.0. The van der Waals surface area contributed by atoms with Gasteiger partial charge in [0.1, 0.15) is 23.9 Å². The van der Waals surface area contributed by atoms with Crippen LogP contribution in [0.5, 0.6) is 5.75 Å². The van der Waals surface area contributed by atoms with Crippen LogP contribution in [-0.4, -0.2) is 32.8 Å². The Morgan fingerprint density at radius 1 is 1.21 bits per heavy atom. The van der Waals surface area contributed by atoms with Crippen LogP contribution < -0.4 is 4.74 Å². The van der Waals surface area contributed by atoms with Crippen LogP contribution >= 0.6 is 0 Å². The average molecular weight is 400 g/mol. The van der Waals surface area contributed by atoms with Gasteiger partial charge in [-0.05, 0) is 52.0 Å². The van der Waals surface area contributed by atoms with Crippen molar-refractivity contribution >= 4 is 5.91 Å². The SMILES string of the molecule is CCn1nc(C)c(CN(C)C(=O)c2noc(C)c2COc2ccc(F)cc2)c1C. The molecule has 3 aromatic rings. The fourth-order valence-electron chi connectivity index (χ4n) is 3.18. The number of aromatic nitrogens is 3. The summed E-state index contributed by atoms with van der Waals surface area (Å²) in [6.07, 6.45) is 0. The molecule has 2 heterocycles. The number of halogens is 1. The summed E-state index contributed by atoms with van der Waals surface area (Å²) in [4.78, 5) is 14.6. The van der Waals surface area contributed by atoms with Crippen molar-refractivity contribution < 1.29 is 18.4 Å². The lowest BCUT2D eigenvalue weighted by molar-refractivity contribution is 0.0772. The number of ether oxygens (including phenoxy) is 1. The molecular formula is C21H25FN4O3. The highest BCUT2D eigenvalue weighted by Gasteiger charge is 2.25. The van der Waals surface area contributed by atoms with Crippen molar-refractivity contribution in [3.05, 3.63) is 64.1 Å². The lowest BCUT2D eigenvalue weighted by Crippen LogP contribution is -2.28. The van der Waals surface area contributed by atoms with Crippen LogP contribution in [0, 0.1) is 26.6 Å². The molecule has 0 N–H and O–H groups in total. The fourth-order valence-corrected chi connectivity index (χ4v) is 3.18. The number of carbonyl (C=O) groups is 1. The molecule has 3 rings (SSSR count). The number of carbonyl (C=O) groups excluding carboxylic acids is 1. The molecule has 0 atom stereocenters. The molecule has 0 spiro atoms. The van der Waals surface area contributed by atoms with E-state index in [9.17, 15) is 9.18 Å². The summed E-state index contributed by atoms with van der Waals surface area (Å²) in [6.45, 7) is 8.99. The van der Waals surface area contributed by atoms with Crippen molar-refractivity contribution in [3.8, 4) is 5.75 Å². The van der Waals surface area contributed by atoms with Gasteiger partial charge in [0.25, 0.3) is 5.91 Å². The van der Waals surface area contributed by atoms with E-state index >= 15 is 0 Å². The van der Waals surface area contributed by atoms with Crippen LogP contribution in [0.3, 0.4) is 0 Å². The van der Waals surface area contributed by atoms with E-state index in [1.54, 1.807) is 18.9 Å². The fraction of sp³-hybridized carbons (Fsp3) is 0.381. The molecule has 0 radical (unpaired) electrons. The predicted octanol–water partition coefficient (Wildman–Crippen LogP) is 3.81. The van der Waals surface area contributed by atoms with Crippen LogP contribution in [-0.2, 0) is 19.7 Å². The zero-order valence-corrected chi connectivity index (χ0v) is 17.3. The van der Waals surface area contributed by atoms with E-state index in [0.29, 0.717) is 23.6 Å². The van der Waals surface area contributed by atoms with E-state index in [1.165, 1.54) is 24.3 Å². The second-order valence-electron chi connectivity index (χ2n) is 6.93. The van der Waals surface area contributed by atoms with Gasteiger partial charge in [0.05, 0.1) is 11.3 Å². The molecule has 0 aliphatic heterocycles. The normalized spacial score (nSPS) is 11.0. The van der Waals surface area contributed by atoms with Crippen molar-refractivity contribution in [1.29, 1.82) is 0 Å². The lowest BCUT2D eigenvalue weighted by atomic mass is 10.1. The second-order valence-corrected chi connectivity index (χ2v) is 6.93. The van der Waals surface area contributed by atoms with Gasteiger partial charge in [-0.15, -0.1) is 0 Å². The Morgan fingerprint density at radius 2 is 1.90 bits per heavy atom. The minimum atomic E-state index is -0.340. The zero-order chi connectivity index (χ0) is 21.1. The number of hydrogen-bond acceptors (Lipinski definition) is 5. The first-order chi connectivity index (χ1) is 13.8. The minimum absolute atomic E-state index is 0.0989. The molecule has 0 saturated carbocycles. The van der Waals surface area contributed by atoms with Gasteiger partial charge in [-0.1, -0.05) is 5.16 Å². The first kappa shape index (κ1) is 20.6. The first-order valence-electron chi connectivity index (χ1n) is 9.43. The number of amides is 1. The smallest absolute Gasteiger partial charge is 0.276 e. The lowest BCUT2D eigenvalue weighted by Gasteiger charge is -2.17. The van der Waals surface area contributed by atoms with E-state index in [1.807, 2.05) is 25.5 Å². The van der Waals surface area contributed by atoms with Gasteiger partial charge in [0.2, 0.25) is 0 Å². The van der Waals surface area contributed by atoms with E-state index in [0.717, 1.165) is 23.5 Å². The molecule has 0 aliphatic rings. The summed E-state index contributed by atoms with van der Waals surface area (Å²) in [5.74, 6) is 0.405. The third-order valence-corrected chi connectivity index (χ3v) is 4.96. The van der Waals surface area contributed by atoms with Crippen molar-refractivity contribution in [1.82, 2.24) is 19.8 Å². The molecule has 29 heavy (non-hydrogen) atoms. The number of benzene rings is 1. The summed E-state index contributed by atoms with van der Waals surface area (Å²) in [6, 6.07) is 5.69. The van der Waals surface area contributed by atoms with Gasteiger partial charge >= 0.3 is 0 Å². The standard InChI is InChI=1S/C21H25FN4O3/c1-6-26-14(3)18(13(2)23-26)11-25(5)21(27)20-19(15(4)29-24-20)12-28-17-9-7-16(22)8-10-17/h7-10H,6,11-12H2,1-5H3. The summed E-state index contributed by atoms with van der Waals surface area (Å²) < 4.78 is 25.9. The highest BCUT2D eigenvalue weighted by Crippen LogP contribution is 2.21. The van der Waals surface area contributed by atoms with Crippen molar-refractivity contribution in [2.24, 2.45) is 0 Å². The van der Waals surface area contributed by atoms with E-state index in [-0.39, 0.29) is 24.0 Å². The molecule has 154 valence electrons. The molecule has 1 amide bonds. The Hall–Kier alpha value is -3.16. The Labute approximate surface area is 169 Å². The third-order valence-electron chi connectivity index (χ3n) is 4.96. The molecule has 0 unspecified atom stereocenters. The highest BCUT2D eigenvalue weighted by atomic mass is 19.1. The van der Waals surface area contributed by atoms with Crippen LogP contribution in [0.1, 0.15) is 45.7 Å². The summed E-state index contributed by atoms with van der Waals surface area (Å²) in [5.41, 5.74) is 3.75. The summed E-state index contributed by atoms with van der Waals surface area (Å²) >= 11 is 0. The highest BCUT2D eigenvalue weighted by molar-refractivity contribution is 5.93. The third kappa shape index (κ3) is 4.31. The van der Waals surface area contributed by atoms with E-state index < -0.39 is 0 Å². The van der Waals surface area contributed by atoms with Gasteiger partial charge in [-0.2, -0.15) is 5.10 Å². The molecule has 0 fully saturated rings. The van der Waals surface area contributed by atoms with Crippen LogP contribution in [0.4, 0.5) is 4.39 Å². The molecule has 7 nitrogen and oxygen atoms in total. The Bertz CT molecular complexity index is 1010. The molecule has 8 heteroatoms. The van der Waals surface area contributed by atoms with Crippen molar-refractivity contribution in [2.45, 2.75) is 47.4 Å². The zero-order valence-electron chi connectivity index (χ0n) is 17.3. The quantitative estimate of drug-likeness (QED) is 0.603. The van der Waals surface area contributed by atoms with Crippen molar-refractivity contribution in [2.75, 3.05) is 7.05 Å². The van der Waals surface area contributed by atoms with Crippen LogP contribution in [0.25, 0.3) is 0 Å². The average Bonchev–Trinajstić information content (AvgIpc) is 3.20. The molecule has 0 aliphatic carbocycles. The molecule has 0 saturated heterocycles. The van der Waals surface area contributed by atoms with Gasteiger partial charge in [-0.3, -0.25) is 9.48 Å². The topological polar surface area (TPSA) is 73.4 Å². The van der Waals surface area contributed by atoms with Crippen molar-refractivity contribution in [3.63, 3.8) is 0 Å². The minimum Gasteiger partial charge on any atom is -0.489 e. The molecular weight excluding hydrogens is 375 g/mol. The van der Waals surface area contributed by atoms with Gasteiger partial charge in [0, 0.05) is 31.4 Å². The number of aryl methyl sites for hydroxylation is 3. The van der Waals surface area contributed by atoms with Gasteiger partial charge < -0.3 is 14.2 Å². The predicted molar refractivity (Wildman–Crippen MR) is 105 cm³/mol. The maximum absolute atomic E-state index is 13.0. The van der Waals surface area contributed by atoms with Crippen LogP contribution in [0.2, 0.25) is 0 Å². The van der Waals surface area contributed by atoms with Gasteiger partial charge in [0.15, 0.2) is 5.69 Å². The Morgan fingerprint density at radius 3 is 2.52 bits per heavy atom. The number of nitrogens with zero attached hydrogens (tertiary/aromatic N) is 4. The van der Waals surface area contributed by atoms with E-state index in [2.05, 4.69) is 10.3 Å². The Balaban J connectivity index is 1.75. The van der Waals surface area contributed by atoms with Gasteiger partial charge in [-0.25, -0.2) is 4.39 Å². The molecule has 0 bridgehead atoms. The van der Waals surface area contributed by atoms with E-state index in [4.69, 9.17) is 9.26 Å². The monoisotopic (exact) mass is 400 g/mol. The first-order valence-corrected chi connectivity index (χ1v) is 9.43. The Kier molecular flexibility index (Phi) is 6.00. The second kappa shape index (κ2) is 8.46. The molecule has 2 aromatic heterocycles. The summed E-state index contributed by atoms with van der Waals surface area (Å²) in [5, 5.41) is 8.45. The maximum Gasteiger partial charge on any atom is 0.276 e. The largest absolute Gasteiger partial charge is 0.489 e. The number of hydrogen-bond donors (Lipinski definition) is 0. The number of rotatable bonds is 7. The van der Waals surface area contributed by atoms with Crippen LogP contribution in [0.15, 0.2) is 28.8 Å². The summed E-state index contributed by atoms with van der Waals surface area (Å²) in [7, 11) is 1.72. The molecule has 1 aromatic carbocycles.